The third-order valence-electron chi connectivity index (χ3n) is 3.76. The van der Waals surface area contributed by atoms with Gasteiger partial charge in [0.25, 0.3) is 0 Å². The summed E-state index contributed by atoms with van der Waals surface area (Å²) < 4.78 is 0.968. The normalized spacial score (nSPS) is 12.5. The van der Waals surface area contributed by atoms with Gasteiger partial charge in [-0.25, -0.2) is 0 Å². The Balaban J connectivity index is 1.87. The van der Waals surface area contributed by atoms with Crippen LogP contribution >= 0.6 is 15.9 Å². The molecular formula is C19H17BrO. The van der Waals surface area contributed by atoms with Gasteiger partial charge in [0.2, 0.25) is 0 Å². The van der Waals surface area contributed by atoms with Crippen molar-refractivity contribution in [3.05, 3.63) is 81.8 Å². The van der Waals surface area contributed by atoms with Crippen molar-refractivity contribution in [1.29, 1.82) is 0 Å². The van der Waals surface area contributed by atoms with Crippen LogP contribution in [0.1, 0.15) is 22.8 Å². The number of aliphatic hydroxyl groups excluding tert-OH is 1. The predicted molar refractivity (Wildman–Crippen MR) is 91.5 cm³/mol. The number of hydrogen-bond acceptors (Lipinski definition) is 1. The van der Waals surface area contributed by atoms with Crippen LogP contribution in [0.25, 0.3) is 10.8 Å². The lowest BCUT2D eigenvalue weighted by Gasteiger charge is -2.14. The average Bonchev–Trinajstić information content (AvgIpc) is 2.47. The zero-order chi connectivity index (χ0) is 14.8. The van der Waals surface area contributed by atoms with E-state index in [-0.39, 0.29) is 0 Å². The van der Waals surface area contributed by atoms with Gasteiger partial charge in [0.1, 0.15) is 0 Å². The Morgan fingerprint density at radius 2 is 1.71 bits per heavy atom. The van der Waals surface area contributed by atoms with Crippen LogP contribution < -0.4 is 0 Å². The van der Waals surface area contributed by atoms with Gasteiger partial charge >= 0.3 is 0 Å². The first-order chi connectivity index (χ1) is 10.1. The highest BCUT2D eigenvalue weighted by atomic mass is 79.9. The standard InChI is InChI=1S/C19H17BrO/c1-13-6-9-17(18(20)10-13)19(21)12-14-7-8-15-4-2-3-5-16(15)11-14/h2-11,19,21H,12H2,1H3. The summed E-state index contributed by atoms with van der Waals surface area (Å²) >= 11 is 3.54. The van der Waals surface area contributed by atoms with E-state index in [0.717, 1.165) is 15.6 Å². The zero-order valence-corrected chi connectivity index (χ0v) is 13.5. The number of rotatable bonds is 3. The Bertz CT molecular complexity index is 779. The van der Waals surface area contributed by atoms with Crippen molar-refractivity contribution in [2.45, 2.75) is 19.4 Å². The van der Waals surface area contributed by atoms with Crippen LogP contribution in [0.4, 0.5) is 0 Å². The van der Waals surface area contributed by atoms with Crippen molar-refractivity contribution in [3.8, 4) is 0 Å². The van der Waals surface area contributed by atoms with Gasteiger partial charge < -0.3 is 5.11 Å². The second-order valence-corrected chi connectivity index (χ2v) is 6.28. The third-order valence-corrected chi connectivity index (χ3v) is 4.44. The molecule has 0 radical (unpaired) electrons. The number of aliphatic hydroxyl groups is 1. The van der Waals surface area contributed by atoms with E-state index in [1.165, 1.54) is 16.3 Å². The quantitative estimate of drug-likeness (QED) is 0.695. The van der Waals surface area contributed by atoms with Crippen molar-refractivity contribution >= 4 is 26.7 Å². The molecular weight excluding hydrogens is 324 g/mol. The third kappa shape index (κ3) is 3.17. The molecule has 0 saturated carbocycles. The summed E-state index contributed by atoms with van der Waals surface area (Å²) in [5, 5.41) is 12.9. The Morgan fingerprint density at radius 1 is 0.952 bits per heavy atom. The van der Waals surface area contributed by atoms with Crippen molar-refractivity contribution in [1.82, 2.24) is 0 Å². The van der Waals surface area contributed by atoms with Gasteiger partial charge in [-0.15, -0.1) is 0 Å². The largest absolute Gasteiger partial charge is 0.388 e. The molecule has 21 heavy (non-hydrogen) atoms. The summed E-state index contributed by atoms with van der Waals surface area (Å²) in [6.45, 7) is 2.05. The molecule has 0 aliphatic carbocycles. The highest BCUT2D eigenvalue weighted by Crippen LogP contribution is 2.28. The van der Waals surface area contributed by atoms with Crippen LogP contribution in [-0.2, 0) is 6.42 Å². The molecule has 106 valence electrons. The lowest BCUT2D eigenvalue weighted by Crippen LogP contribution is -2.03. The fourth-order valence-electron chi connectivity index (χ4n) is 2.60. The monoisotopic (exact) mass is 340 g/mol. The smallest absolute Gasteiger partial charge is 0.0841 e. The summed E-state index contributed by atoms with van der Waals surface area (Å²) in [7, 11) is 0. The van der Waals surface area contributed by atoms with Gasteiger partial charge in [0.05, 0.1) is 6.10 Å². The molecule has 0 heterocycles. The Labute approximate surface area is 133 Å². The van der Waals surface area contributed by atoms with Crippen molar-refractivity contribution in [3.63, 3.8) is 0 Å². The maximum Gasteiger partial charge on any atom is 0.0841 e. The van der Waals surface area contributed by atoms with Crippen LogP contribution in [0.2, 0.25) is 0 Å². The number of fused-ring (bicyclic) bond motifs is 1. The van der Waals surface area contributed by atoms with E-state index in [2.05, 4.69) is 46.3 Å². The summed E-state index contributed by atoms with van der Waals surface area (Å²) in [6, 6.07) is 20.7. The molecule has 1 N–H and O–H groups in total. The van der Waals surface area contributed by atoms with Gasteiger partial charge in [-0.05, 0) is 40.5 Å². The highest BCUT2D eigenvalue weighted by molar-refractivity contribution is 9.10. The molecule has 1 unspecified atom stereocenters. The van der Waals surface area contributed by atoms with Crippen LogP contribution in [-0.4, -0.2) is 5.11 Å². The van der Waals surface area contributed by atoms with Crippen LogP contribution in [0.3, 0.4) is 0 Å². The minimum Gasteiger partial charge on any atom is -0.388 e. The zero-order valence-electron chi connectivity index (χ0n) is 11.9. The predicted octanol–water partition coefficient (Wildman–Crippen LogP) is 5.19. The van der Waals surface area contributed by atoms with Gasteiger partial charge in [-0.1, -0.05) is 70.5 Å². The van der Waals surface area contributed by atoms with Gasteiger partial charge in [-0.2, -0.15) is 0 Å². The number of benzene rings is 3. The van der Waals surface area contributed by atoms with Gasteiger partial charge in [-0.3, -0.25) is 0 Å². The lowest BCUT2D eigenvalue weighted by atomic mass is 9.98. The molecule has 0 fully saturated rings. The van der Waals surface area contributed by atoms with E-state index in [4.69, 9.17) is 0 Å². The minimum absolute atomic E-state index is 0.499. The summed E-state index contributed by atoms with van der Waals surface area (Å²) in [4.78, 5) is 0. The highest BCUT2D eigenvalue weighted by Gasteiger charge is 2.12. The van der Waals surface area contributed by atoms with E-state index in [1.54, 1.807) is 0 Å². The topological polar surface area (TPSA) is 20.2 Å². The van der Waals surface area contributed by atoms with E-state index >= 15 is 0 Å². The second kappa shape index (κ2) is 6.00. The van der Waals surface area contributed by atoms with Crippen LogP contribution in [0.15, 0.2) is 65.1 Å². The molecule has 1 atom stereocenters. The summed E-state index contributed by atoms with van der Waals surface area (Å²) in [6.07, 6.45) is 0.119. The maximum absolute atomic E-state index is 10.5. The molecule has 2 heteroatoms. The van der Waals surface area contributed by atoms with Crippen LogP contribution in [0, 0.1) is 6.92 Å². The van der Waals surface area contributed by atoms with Crippen molar-refractivity contribution in [2.75, 3.05) is 0 Å². The Morgan fingerprint density at radius 3 is 2.48 bits per heavy atom. The molecule has 0 aliphatic heterocycles. The first-order valence-corrected chi connectivity index (χ1v) is 7.84. The lowest BCUT2D eigenvalue weighted by molar-refractivity contribution is 0.177. The molecule has 0 bridgehead atoms. The molecule has 0 saturated heterocycles. The molecule has 3 rings (SSSR count). The molecule has 0 aromatic heterocycles. The van der Waals surface area contributed by atoms with E-state index < -0.39 is 6.10 Å². The fourth-order valence-corrected chi connectivity index (χ4v) is 3.36. The van der Waals surface area contributed by atoms with E-state index in [1.807, 2.05) is 37.3 Å². The molecule has 0 spiro atoms. The molecule has 3 aromatic carbocycles. The minimum atomic E-state index is -0.499. The number of hydrogen-bond donors (Lipinski definition) is 1. The molecule has 0 amide bonds. The maximum atomic E-state index is 10.5. The van der Waals surface area contributed by atoms with Crippen LogP contribution in [0.5, 0.6) is 0 Å². The first kappa shape index (κ1) is 14.3. The van der Waals surface area contributed by atoms with Gasteiger partial charge in [0.15, 0.2) is 0 Å². The summed E-state index contributed by atoms with van der Waals surface area (Å²) in [5.41, 5.74) is 3.27. The van der Waals surface area contributed by atoms with E-state index in [0.29, 0.717) is 6.42 Å². The summed E-state index contributed by atoms with van der Waals surface area (Å²) in [5.74, 6) is 0. The second-order valence-electron chi connectivity index (χ2n) is 5.43. The molecule has 3 aromatic rings. The Hall–Kier alpha value is -1.64. The molecule has 0 aliphatic rings. The number of aryl methyl sites for hydroxylation is 1. The van der Waals surface area contributed by atoms with Crippen molar-refractivity contribution in [2.24, 2.45) is 0 Å². The fraction of sp³-hybridized carbons (Fsp3) is 0.158. The average molecular weight is 341 g/mol. The van der Waals surface area contributed by atoms with E-state index in [9.17, 15) is 5.11 Å². The SMILES string of the molecule is Cc1ccc(C(O)Cc2ccc3ccccc3c2)c(Br)c1. The van der Waals surface area contributed by atoms with Gasteiger partial charge in [0, 0.05) is 10.9 Å². The first-order valence-electron chi connectivity index (χ1n) is 7.05. The molecule has 1 nitrogen and oxygen atoms in total. The van der Waals surface area contributed by atoms with Crippen molar-refractivity contribution < 1.29 is 5.11 Å². The number of halogens is 1. The Kier molecular flexibility index (Phi) is 4.09.